The second-order valence-electron chi connectivity index (χ2n) is 6.19. The summed E-state index contributed by atoms with van der Waals surface area (Å²) in [5.41, 5.74) is -0.786. The van der Waals surface area contributed by atoms with Gasteiger partial charge in [-0.1, -0.05) is 26.7 Å². The molecule has 0 radical (unpaired) electrons. The molecule has 0 heterocycles. The van der Waals surface area contributed by atoms with Gasteiger partial charge in [0.25, 0.3) is 0 Å². The zero-order chi connectivity index (χ0) is 15.3. The molecule has 1 atom stereocenters. The van der Waals surface area contributed by atoms with Crippen molar-refractivity contribution in [2.24, 2.45) is 5.92 Å². The molecule has 1 unspecified atom stereocenters. The molecule has 1 aliphatic carbocycles. The molecule has 6 nitrogen and oxygen atoms in total. The number of urea groups is 1. The summed E-state index contributed by atoms with van der Waals surface area (Å²) in [4.78, 5) is 24.3. The van der Waals surface area contributed by atoms with E-state index in [0.29, 0.717) is 12.8 Å². The van der Waals surface area contributed by atoms with E-state index in [-0.39, 0.29) is 24.9 Å². The van der Waals surface area contributed by atoms with Crippen molar-refractivity contribution in [3.05, 3.63) is 0 Å². The molecule has 1 aliphatic rings. The minimum atomic E-state index is -0.930. The van der Waals surface area contributed by atoms with Gasteiger partial charge >= 0.3 is 12.0 Å². The van der Waals surface area contributed by atoms with Crippen LogP contribution in [0.3, 0.4) is 0 Å². The van der Waals surface area contributed by atoms with Crippen LogP contribution in [-0.2, 0) is 4.79 Å². The highest BCUT2D eigenvalue weighted by atomic mass is 16.4. The number of likely N-dealkylation sites (N-methyl/N-ethyl adjacent to an activating group) is 1. The van der Waals surface area contributed by atoms with Crippen LogP contribution in [0.2, 0.25) is 0 Å². The van der Waals surface area contributed by atoms with Crippen LogP contribution in [-0.4, -0.2) is 52.3 Å². The number of amides is 2. The maximum atomic E-state index is 12.1. The summed E-state index contributed by atoms with van der Waals surface area (Å²) < 4.78 is 0. The van der Waals surface area contributed by atoms with Gasteiger partial charge in [-0.2, -0.15) is 0 Å². The number of hydrogen-bond donors (Lipinski definition) is 3. The second kappa shape index (κ2) is 6.92. The topological polar surface area (TPSA) is 89.9 Å². The molecule has 116 valence electrons. The van der Waals surface area contributed by atoms with E-state index in [1.807, 2.05) is 13.8 Å². The number of rotatable bonds is 6. The van der Waals surface area contributed by atoms with Gasteiger partial charge in [0, 0.05) is 13.1 Å². The van der Waals surface area contributed by atoms with Crippen LogP contribution in [0.25, 0.3) is 0 Å². The fourth-order valence-corrected chi connectivity index (χ4v) is 2.61. The molecule has 0 spiro atoms. The van der Waals surface area contributed by atoms with Gasteiger partial charge in [0.2, 0.25) is 0 Å². The molecule has 2 amide bonds. The van der Waals surface area contributed by atoms with Crippen LogP contribution in [0.1, 0.15) is 46.0 Å². The highest BCUT2D eigenvalue weighted by Gasteiger charge is 2.34. The number of hydrogen-bond acceptors (Lipinski definition) is 3. The third-order valence-electron chi connectivity index (χ3n) is 3.92. The Morgan fingerprint density at radius 3 is 2.30 bits per heavy atom. The van der Waals surface area contributed by atoms with Gasteiger partial charge in [-0.3, -0.25) is 4.79 Å². The molecule has 0 bridgehead atoms. The van der Waals surface area contributed by atoms with Crippen molar-refractivity contribution in [2.45, 2.75) is 57.6 Å². The normalized spacial score (nSPS) is 18.9. The van der Waals surface area contributed by atoms with E-state index in [0.717, 1.165) is 12.8 Å². The van der Waals surface area contributed by atoms with Crippen molar-refractivity contribution in [1.82, 2.24) is 10.2 Å². The van der Waals surface area contributed by atoms with Crippen molar-refractivity contribution in [1.29, 1.82) is 0 Å². The van der Waals surface area contributed by atoms with Gasteiger partial charge in [-0.15, -0.1) is 0 Å². The quantitative estimate of drug-likeness (QED) is 0.689. The van der Waals surface area contributed by atoms with Crippen LogP contribution in [0.15, 0.2) is 0 Å². The first-order valence-corrected chi connectivity index (χ1v) is 7.19. The van der Waals surface area contributed by atoms with Gasteiger partial charge in [-0.25, -0.2) is 4.79 Å². The third-order valence-corrected chi connectivity index (χ3v) is 3.92. The number of carboxylic acid groups (broad SMARTS) is 1. The molecule has 6 heteroatoms. The lowest BCUT2D eigenvalue weighted by molar-refractivity contribution is -0.137. The summed E-state index contributed by atoms with van der Waals surface area (Å²) in [6.45, 7) is 4.04. The fourth-order valence-electron chi connectivity index (χ4n) is 2.61. The van der Waals surface area contributed by atoms with Crippen LogP contribution < -0.4 is 5.32 Å². The van der Waals surface area contributed by atoms with E-state index in [1.54, 1.807) is 7.05 Å². The van der Waals surface area contributed by atoms with Crippen molar-refractivity contribution < 1.29 is 19.8 Å². The SMILES string of the molecule is CC(C)C(CC(=O)O)NC(=O)N(C)CC1(O)CCCC1. The van der Waals surface area contributed by atoms with Crippen molar-refractivity contribution >= 4 is 12.0 Å². The lowest BCUT2D eigenvalue weighted by atomic mass is 10.0. The lowest BCUT2D eigenvalue weighted by Gasteiger charge is -2.30. The van der Waals surface area contributed by atoms with Crippen molar-refractivity contribution in [2.75, 3.05) is 13.6 Å². The predicted molar refractivity (Wildman–Crippen MR) is 75.5 cm³/mol. The zero-order valence-corrected chi connectivity index (χ0v) is 12.6. The molecule has 3 N–H and O–H groups in total. The average molecular weight is 286 g/mol. The molecule has 0 aromatic heterocycles. The Morgan fingerprint density at radius 2 is 1.85 bits per heavy atom. The largest absolute Gasteiger partial charge is 0.481 e. The first-order chi connectivity index (χ1) is 9.23. The maximum Gasteiger partial charge on any atom is 0.317 e. The Balaban J connectivity index is 2.52. The van der Waals surface area contributed by atoms with Gasteiger partial charge in [0.05, 0.1) is 18.6 Å². The van der Waals surface area contributed by atoms with Crippen molar-refractivity contribution in [3.8, 4) is 0 Å². The first-order valence-electron chi connectivity index (χ1n) is 7.19. The number of carboxylic acids is 1. The second-order valence-corrected chi connectivity index (χ2v) is 6.19. The Hall–Kier alpha value is -1.30. The fraction of sp³-hybridized carbons (Fsp3) is 0.857. The Labute approximate surface area is 120 Å². The molecule has 0 aliphatic heterocycles. The van der Waals surface area contributed by atoms with E-state index in [1.165, 1.54) is 4.90 Å². The number of aliphatic carboxylic acids is 1. The van der Waals surface area contributed by atoms with Crippen LogP contribution >= 0.6 is 0 Å². The number of carbonyl (C=O) groups is 2. The minimum absolute atomic E-state index is 0.0398. The summed E-state index contributed by atoms with van der Waals surface area (Å²) in [6, 6.07) is -0.731. The van der Waals surface area contributed by atoms with Gasteiger partial charge in [0.15, 0.2) is 0 Å². The Bertz CT molecular complexity index is 351. The van der Waals surface area contributed by atoms with Gasteiger partial charge in [-0.05, 0) is 18.8 Å². The molecule has 0 aromatic rings. The van der Waals surface area contributed by atoms with Crippen molar-refractivity contribution in [3.63, 3.8) is 0 Å². The highest BCUT2D eigenvalue weighted by Crippen LogP contribution is 2.29. The monoisotopic (exact) mass is 286 g/mol. The highest BCUT2D eigenvalue weighted by molar-refractivity contribution is 5.75. The summed E-state index contributed by atoms with van der Waals surface area (Å²) in [5, 5.41) is 21.9. The minimum Gasteiger partial charge on any atom is -0.481 e. The molecule has 1 saturated carbocycles. The van der Waals surface area contributed by atoms with Gasteiger partial charge in [0.1, 0.15) is 0 Å². The molecule has 0 aromatic carbocycles. The summed E-state index contributed by atoms with van der Waals surface area (Å²) in [5.74, 6) is -0.890. The first kappa shape index (κ1) is 16.8. The Morgan fingerprint density at radius 1 is 1.30 bits per heavy atom. The average Bonchev–Trinajstić information content (AvgIpc) is 2.73. The van der Waals surface area contributed by atoms with E-state index in [4.69, 9.17) is 5.11 Å². The smallest absolute Gasteiger partial charge is 0.317 e. The molecule has 0 saturated heterocycles. The van der Waals surface area contributed by atoms with E-state index >= 15 is 0 Å². The predicted octanol–water partition coefficient (Wildman–Crippen LogP) is 1.43. The van der Waals surface area contributed by atoms with Crippen LogP contribution in [0.4, 0.5) is 4.79 Å². The van der Waals surface area contributed by atoms with E-state index in [9.17, 15) is 14.7 Å². The van der Waals surface area contributed by atoms with E-state index < -0.39 is 17.6 Å². The number of nitrogens with one attached hydrogen (secondary N) is 1. The molecule has 20 heavy (non-hydrogen) atoms. The summed E-state index contributed by atoms with van der Waals surface area (Å²) in [6.07, 6.45) is 3.31. The molecule has 1 rings (SSSR count). The van der Waals surface area contributed by atoms with E-state index in [2.05, 4.69) is 5.32 Å². The molecule has 1 fully saturated rings. The van der Waals surface area contributed by atoms with Gasteiger partial charge < -0.3 is 20.4 Å². The molecular weight excluding hydrogens is 260 g/mol. The van der Waals surface area contributed by atoms with Crippen LogP contribution in [0.5, 0.6) is 0 Å². The summed E-state index contributed by atoms with van der Waals surface area (Å²) in [7, 11) is 1.63. The lowest BCUT2D eigenvalue weighted by Crippen LogP contribution is -2.50. The Kier molecular flexibility index (Phi) is 5.80. The van der Waals surface area contributed by atoms with Crippen LogP contribution in [0, 0.1) is 5.92 Å². The number of nitrogens with zero attached hydrogens (tertiary/aromatic N) is 1. The zero-order valence-electron chi connectivity index (χ0n) is 12.6. The third kappa shape index (κ3) is 5.00. The molecular formula is C14H26N2O4. The maximum absolute atomic E-state index is 12.1. The number of aliphatic hydroxyl groups is 1. The number of carbonyl (C=O) groups excluding carboxylic acids is 1. The summed E-state index contributed by atoms with van der Waals surface area (Å²) >= 11 is 0. The standard InChI is InChI=1S/C14H26N2O4/c1-10(2)11(8-12(17)18)15-13(19)16(3)9-14(20)6-4-5-7-14/h10-11,20H,4-9H2,1-3H3,(H,15,19)(H,17,18).